The van der Waals surface area contributed by atoms with Crippen molar-refractivity contribution in [3.63, 3.8) is 0 Å². The third-order valence-corrected chi connectivity index (χ3v) is 5.82. The Kier molecular flexibility index (Phi) is 4.81. The molecule has 0 aliphatic carbocycles. The van der Waals surface area contributed by atoms with E-state index in [0.29, 0.717) is 18.0 Å². The molecule has 2 fully saturated rings. The second-order valence-electron chi connectivity index (χ2n) is 7.40. The Morgan fingerprint density at radius 3 is 2.77 bits per heavy atom. The van der Waals surface area contributed by atoms with Gasteiger partial charge in [-0.05, 0) is 43.5 Å². The van der Waals surface area contributed by atoms with E-state index < -0.39 is 0 Å². The topological polar surface area (TPSA) is 49.3 Å². The van der Waals surface area contributed by atoms with Crippen LogP contribution in [0.5, 0.6) is 0 Å². The number of rotatable bonds is 3. The van der Waals surface area contributed by atoms with Crippen molar-refractivity contribution in [1.82, 2.24) is 14.9 Å². The summed E-state index contributed by atoms with van der Waals surface area (Å²) in [7, 11) is 0. The molecular weight excluding hydrogens is 348 g/mol. The number of hydrogen-bond donors (Lipinski definition) is 0. The van der Waals surface area contributed by atoms with Gasteiger partial charge in [0.1, 0.15) is 5.82 Å². The lowest BCUT2D eigenvalue weighted by Gasteiger charge is -2.48. The van der Waals surface area contributed by atoms with Crippen molar-refractivity contribution in [2.24, 2.45) is 5.41 Å². The van der Waals surface area contributed by atoms with Crippen molar-refractivity contribution >= 4 is 23.3 Å². The Morgan fingerprint density at radius 2 is 1.96 bits per heavy atom. The molecule has 2 aromatic heterocycles. The highest BCUT2D eigenvalue weighted by Crippen LogP contribution is 2.41. The SMILES string of the molecule is O=C1CCC2(CCCN(c3ncccc3Cl)C2)CN1Cc1ccccn1. The summed E-state index contributed by atoms with van der Waals surface area (Å²) in [6.07, 6.45) is 7.35. The summed E-state index contributed by atoms with van der Waals surface area (Å²) >= 11 is 6.37. The number of amides is 1. The highest BCUT2D eigenvalue weighted by Gasteiger charge is 2.42. The van der Waals surface area contributed by atoms with E-state index in [1.807, 2.05) is 35.2 Å². The van der Waals surface area contributed by atoms with Crippen LogP contribution in [-0.4, -0.2) is 40.4 Å². The number of aromatic nitrogens is 2. The van der Waals surface area contributed by atoms with Gasteiger partial charge in [0.25, 0.3) is 0 Å². The molecule has 1 spiro atoms. The third-order valence-electron chi connectivity index (χ3n) is 5.53. The van der Waals surface area contributed by atoms with E-state index in [2.05, 4.69) is 14.9 Å². The summed E-state index contributed by atoms with van der Waals surface area (Å²) in [5.74, 6) is 1.09. The first-order valence-electron chi connectivity index (χ1n) is 9.18. The molecule has 2 saturated heterocycles. The molecule has 1 amide bonds. The minimum absolute atomic E-state index is 0.113. The Bertz CT molecular complexity index is 784. The lowest BCUT2D eigenvalue weighted by molar-refractivity contribution is -0.138. The molecule has 136 valence electrons. The number of nitrogens with zero attached hydrogens (tertiary/aromatic N) is 4. The number of halogens is 1. The summed E-state index contributed by atoms with van der Waals surface area (Å²) in [5, 5.41) is 0.696. The highest BCUT2D eigenvalue weighted by atomic mass is 35.5. The number of piperidine rings is 2. The van der Waals surface area contributed by atoms with Crippen molar-refractivity contribution in [2.75, 3.05) is 24.5 Å². The van der Waals surface area contributed by atoms with E-state index >= 15 is 0 Å². The molecule has 0 saturated carbocycles. The Morgan fingerprint density at radius 1 is 1.08 bits per heavy atom. The predicted octanol–water partition coefficient (Wildman–Crippen LogP) is 3.54. The van der Waals surface area contributed by atoms with Crippen LogP contribution in [0.4, 0.5) is 5.82 Å². The minimum Gasteiger partial charge on any atom is -0.355 e. The maximum absolute atomic E-state index is 12.5. The molecule has 1 atom stereocenters. The molecule has 1 unspecified atom stereocenters. The highest BCUT2D eigenvalue weighted by molar-refractivity contribution is 6.32. The molecule has 0 N–H and O–H groups in total. The van der Waals surface area contributed by atoms with Crippen molar-refractivity contribution in [3.05, 3.63) is 53.4 Å². The number of anilines is 1. The van der Waals surface area contributed by atoms with Crippen LogP contribution in [0.2, 0.25) is 5.02 Å². The lowest BCUT2D eigenvalue weighted by atomic mass is 9.73. The van der Waals surface area contributed by atoms with Gasteiger partial charge < -0.3 is 9.80 Å². The molecule has 0 radical (unpaired) electrons. The van der Waals surface area contributed by atoms with Gasteiger partial charge in [-0.1, -0.05) is 17.7 Å². The predicted molar refractivity (Wildman–Crippen MR) is 102 cm³/mol. The Hall–Kier alpha value is -2.14. The summed E-state index contributed by atoms with van der Waals surface area (Å²) in [4.78, 5) is 25.6. The molecule has 4 heterocycles. The molecule has 0 bridgehead atoms. The van der Waals surface area contributed by atoms with Gasteiger partial charge >= 0.3 is 0 Å². The van der Waals surface area contributed by atoms with Gasteiger partial charge in [-0.25, -0.2) is 4.98 Å². The van der Waals surface area contributed by atoms with Gasteiger partial charge in [-0.15, -0.1) is 0 Å². The Balaban J connectivity index is 1.52. The lowest BCUT2D eigenvalue weighted by Crippen LogP contribution is -2.54. The van der Waals surface area contributed by atoms with Crippen LogP contribution >= 0.6 is 11.6 Å². The van der Waals surface area contributed by atoms with Gasteiger partial charge in [0.05, 0.1) is 17.3 Å². The van der Waals surface area contributed by atoms with Crippen LogP contribution in [-0.2, 0) is 11.3 Å². The van der Waals surface area contributed by atoms with Crippen LogP contribution in [0.1, 0.15) is 31.4 Å². The van der Waals surface area contributed by atoms with Crippen LogP contribution in [0.15, 0.2) is 42.7 Å². The van der Waals surface area contributed by atoms with Crippen molar-refractivity contribution in [2.45, 2.75) is 32.2 Å². The zero-order valence-electron chi connectivity index (χ0n) is 14.8. The normalized spacial score (nSPS) is 23.5. The summed E-state index contributed by atoms with van der Waals surface area (Å²) in [5.41, 5.74) is 1.06. The number of carbonyl (C=O) groups is 1. The minimum atomic E-state index is 0.113. The molecule has 2 aromatic rings. The van der Waals surface area contributed by atoms with E-state index in [1.54, 1.807) is 12.4 Å². The van der Waals surface area contributed by atoms with E-state index in [1.165, 1.54) is 0 Å². The maximum Gasteiger partial charge on any atom is 0.222 e. The van der Waals surface area contributed by atoms with Gasteiger partial charge in [0.2, 0.25) is 5.91 Å². The van der Waals surface area contributed by atoms with Gasteiger partial charge in [-0.2, -0.15) is 0 Å². The fraction of sp³-hybridized carbons (Fsp3) is 0.450. The number of likely N-dealkylation sites (tertiary alicyclic amines) is 1. The monoisotopic (exact) mass is 370 g/mol. The first kappa shape index (κ1) is 17.3. The van der Waals surface area contributed by atoms with Gasteiger partial charge in [0.15, 0.2) is 0 Å². The van der Waals surface area contributed by atoms with Crippen molar-refractivity contribution in [3.8, 4) is 0 Å². The molecule has 6 heteroatoms. The largest absolute Gasteiger partial charge is 0.355 e. The summed E-state index contributed by atoms with van der Waals surface area (Å²) in [6.45, 7) is 3.23. The standard InChI is InChI=1S/C20H23ClN4O/c21-17-6-3-11-23-19(17)24-12-4-8-20(14-24)9-7-18(26)25(15-20)13-16-5-1-2-10-22-16/h1-3,5-6,10-11H,4,7-9,12-15H2. The fourth-order valence-corrected chi connectivity index (χ4v) is 4.51. The summed E-state index contributed by atoms with van der Waals surface area (Å²) in [6, 6.07) is 9.61. The van der Waals surface area contributed by atoms with Crippen molar-refractivity contribution < 1.29 is 4.79 Å². The molecule has 0 aromatic carbocycles. The van der Waals surface area contributed by atoms with Crippen LogP contribution < -0.4 is 4.90 Å². The zero-order chi connectivity index (χ0) is 18.0. The molecule has 4 rings (SSSR count). The molecular formula is C20H23ClN4O. The number of hydrogen-bond acceptors (Lipinski definition) is 4. The molecule has 2 aliphatic heterocycles. The van der Waals surface area contributed by atoms with E-state index in [4.69, 9.17) is 11.6 Å². The average molecular weight is 371 g/mol. The number of carbonyl (C=O) groups excluding carboxylic acids is 1. The first-order valence-corrected chi connectivity index (χ1v) is 9.56. The molecule has 26 heavy (non-hydrogen) atoms. The quantitative estimate of drug-likeness (QED) is 0.829. The second-order valence-corrected chi connectivity index (χ2v) is 7.81. The first-order chi connectivity index (χ1) is 12.7. The van der Waals surface area contributed by atoms with Gasteiger partial charge in [0, 0.05) is 43.9 Å². The van der Waals surface area contributed by atoms with Crippen LogP contribution in [0, 0.1) is 5.41 Å². The zero-order valence-corrected chi connectivity index (χ0v) is 15.5. The van der Waals surface area contributed by atoms with E-state index in [9.17, 15) is 4.79 Å². The number of pyridine rings is 2. The summed E-state index contributed by atoms with van der Waals surface area (Å²) < 4.78 is 0. The van der Waals surface area contributed by atoms with Crippen LogP contribution in [0.25, 0.3) is 0 Å². The second kappa shape index (κ2) is 7.23. The van der Waals surface area contributed by atoms with E-state index in [-0.39, 0.29) is 11.3 Å². The fourth-order valence-electron chi connectivity index (χ4n) is 4.27. The molecule has 2 aliphatic rings. The van der Waals surface area contributed by atoms with Crippen LogP contribution in [0.3, 0.4) is 0 Å². The third kappa shape index (κ3) is 3.54. The van der Waals surface area contributed by atoms with E-state index in [0.717, 1.165) is 50.4 Å². The smallest absolute Gasteiger partial charge is 0.222 e. The average Bonchev–Trinajstić information content (AvgIpc) is 2.66. The van der Waals surface area contributed by atoms with Crippen molar-refractivity contribution in [1.29, 1.82) is 0 Å². The maximum atomic E-state index is 12.5. The molecule has 5 nitrogen and oxygen atoms in total. The van der Waals surface area contributed by atoms with Gasteiger partial charge in [-0.3, -0.25) is 9.78 Å². The Labute approximate surface area is 159 Å².